The van der Waals surface area contributed by atoms with E-state index in [1.54, 1.807) is 4.68 Å². The van der Waals surface area contributed by atoms with Gasteiger partial charge in [-0.1, -0.05) is 0 Å². The molecule has 0 saturated carbocycles. The first kappa shape index (κ1) is 11.9. The van der Waals surface area contributed by atoms with Gasteiger partial charge in [0.05, 0.1) is 17.9 Å². The number of alkyl halides is 3. The molecular formula is C9H13F3N2O. The van der Waals surface area contributed by atoms with Crippen molar-refractivity contribution in [2.75, 3.05) is 6.61 Å². The molecule has 6 heteroatoms. The lowest BCUT2D eigenvalue weighted by Gasteiger charge is -2.18. The molecule has 0 spiro atoms. The molecule has 15 heavy (non-hydrogen) atoms. The van der Waals surface area contributed by atoms with E-state index >= 15 is 0 Å². The Kier molecular flexibility index (Phi) is 2.97. The summed E-state index contributed by atoms with van der Waals surface area (Å²) in [5.41, 5.74) is -0.264. The molecule has 0 saturated heterocycles. The van der Waals surface area contributed by atoms with E-state index in [0.717, 1.165) is 0 Å². The second-order valence-electron chi connectivity index (χ2n) is 4.20. The second-order valence-corrected chi connectivity index (χ2v) is 4.20. The number of hydrogen-bond acceptors (Lipinski definition) is 2. The van der Waals surface area contributed by atoms with Crippen molar-refractivity contribution in [3.8, 4) is 5.75 Å². The first-order valence-corrected chi connectivity index (χ1v) is 4.43. The standard InChI is InChI=1S/C9H13F3N2O/c1-8(2,3)14-5-7(4-13-14)15-6-9(10,11)12/h4-5H,6H2,1-3H3. The third-order valence-corrected chi connectivity index (χ3v) is 1.65. The summed E-state index contributed by atoms with van der Waals surface area (Å²) in [5, 5.41) is 3.91. The molecule has 0 fully saturated rings. The molecule has 0 amide bonds. The molecule has 1 rings (SSSR count). The zero-order chi connectivity index (χ0) is 11.7. The summed E-state index contributed by atoms with van der Waals surface area (Å²) in [5.74, 6) is 0.127. The smallest absolute Gasteiger partial charge is 0.422 e. The minimum atomic E-state index is -4.32. The van der Waals surface area contributed by atoms with Crippen molar-refractivity contribution in [2.24, 2.45) is 0 Å². The minimum Gasteiger partial charge on any atom is -0.481 e. The molecule has 0 radical (unpaired) electrons. The molecule has 0 aliphatic carbocycles. The van der Waals surface area contributed by atoms with E-state index in [4.69, 9.17) is 0 Å². The van der Waals surface area contributed by atoms with Gasteiger partial charge in [0, 0.05) is 0 Å². The van der Waals surface area contributed by atoms with Gasteiger partial charge in [-0.2, -0.15) is 18.3 Å². The lowest BCUT2D eigenvalue weighted by atomic mass is 10.1. The van der Waals surface area contributed by atoms with Gasteiger partial charge in [0.15, 0.2) is 12.4 Å². The Hall–Kier alpha value is -1.20. The number of aromatic nitrogens is 2. The largest absolute Gasteiger partial charge is 0.481 e. The first-order valence-electron chi connectivity index (χ1n) is 4.43. The molecule has 1 aromatic heterocycles. The van der Waals surface area contributed by atoms with Crippen LogP contribution in [0.4, 0.5) is 13.2 Å². The fourth-order valence-electron chi connectivity index (χ4n) is 0.913. The summed E-state index contributed by atoms with van der Waals surface area (Å²) < 4.78 is 41.6. The summed E-state index contributed by atoms with van der Waals surface area (Å²) in [6.07, 6.45) is -1.59. The van der Waals surface area contributed by atoms with Crippen LogP contribution in [0, 0.1) is 0 Å². The number of ether oxygens (including phenoxy) is 1. The Morgan fingerprint density at radius 2 is 1.93 bits per heavy atom. The summed E-state index contributed by atoms with van der Waals surface area (Å²) in [7, 11) is 0. The quantitative estimate of drug-likeness (QED) is 0.769. The zero-order valence-corrected chi connectivity index (χ0v) is 8.80. The SMILES string of the molecule is CC(C)(C)n1cc(OCC(F)(F)F)cn1. The molecule has 1 aromatic rings. The van der Waals surface area contributed by atoms with Gasteiger partial charge >= 0.3 is 6.18 Å². The number of halogens is 3. The van der Waals surface area contributed by atoms with Crippen LogP contribution in [-0.4, -0.2) is 22.6 Å². The maximum atomic E-state index is 11.8. The molecule has 0 aromatic carbocycles. The highest BCUT2D eigenvalue weighted by molar-refractivity contribution is 5.12. The molecular weight excluding hydrogens is 209 g/mol. The predicted molar refractivity (Wildman–Crippen MR) is 48.8 cm³/mol. The van der Waals surface area contributed by atoms with Gasteiger partial charge in [-0.15, -0.1) is 0 Å². The van der Waals surface area contributed by atoms with Crippen LogP contribution in [0.2, 0.25) is 0 Å². The topological polar surface area (TPSA) is 27.1 Å². The fraction of sp³-hybridized carbons (Fsp3) is 0.667. The maximum Gasteiger partial charge on any atom is 0.422 e. The number of hydrogen-bond donors (Lipinski definition) is 0. The third kappa shape index (κ3) is 3.81. The monoisotopic (exact) mass is 222 g/mol. The summed E-state index contributed by atoms with van der Waals surface area (Å²) in [4.78, 5) is 0. The van der Waals surface area contributed by atoms with Crippen LogP contribution in [0.25, 0.3) is 0 Å². The van der Waals surface area contributed by atoms with E-state index in [2.05, 4.69) is 9.84 Å². The van der Waals surface area contributed by atoms with Gasteiger partial charge < -0.3 is 4.74 Å². The first-order chi connectivity index (χ1) is 6.68. The van der Waals surface area contributed by atoms with Crippen LogP contribution >= 0.6 is 0 Å². The molecule has 0 bridgehead atoms. The molecule has 0 N–H and O–H groups in total. The normalized spacial score (nSPS) is 12.9. The Bertz CT molecular complexity index is 325. The summed E-state index contributed by atoms with van der Waals surface area (Å²) in [6, 6.07) is 0. The lowest BCUT2D eigenvalue weighted by Crippen LogP contribution is -2.22. The van der Waals surface area contributed by atoms with E-state index in [-0.39, 0.29) is 11.3 Å². The predicted octanol–water partition coefficient (Wildman–Crippen LogP) is 2.58. The number of rotatable bonds is 2. The Labute approximate surface area is 85.8 Å². The van der Waals surface area contributed by atoms with Gasteiger partial charge in [0.2, 0.25) is 0 Å². The average molecular weight is 222 g/mol. The molecule has 0 unspecified atom stereocenters. The van der Waals surface area contributed by atoms with E-state index in [9.17, 15) is 13.2 Å². The number of nitrogens with zero attached hydrogens (tertiary/aromatic N) is 2. The highest BCUT2D eigenvalue weighted by Gasteiger charge is 2.28. The summed E-state index contributed by atoms with van der Waals surface area (Å²) in [6.45, 7) is 4.40. The van der Waals surface area contributed by atoms with Gasteiger partial charge in [-0.3, -0.25) is 4.68 Å². The van der Waals surface area contributed by atoms with Gasteiger partial charge in [-0.05, 0) is 20.8 Å². The average Bonchev–Trinajstić information content (AvgIpc) is 2.45. The molecule has 3 nitrogen and oxygen atoms in total. The van der Waals surface area contributed by atoms with Crippen LogP contribution in [0.1, 0.15) is 20.8 Å². The molecule has 0 atom stereocenters. The van der Waals surface area contributed by atoms with Crippen LogP contribution in [-0.2, 0) is 5.54 Å². The van der Waals surface area contributed by atoms with Crippen molar-refractivity contribution < 1.29 is 17.9 Å². The van der Waals surface area contributed by atoms with Gasteiger partial charge in [0.1, 0.15) is 0 Å². The van der Waals surface area contributed by atoms with Crippen molar-refractivity contribution in [3.05, 3.63) is 12.4 Å². The van der Waals surface area contributed by atoms with E-state index in [1.807, 2.05) is 20.8 Å². The van der Waals surface area contributed by atoms with Crippen molar-refractivity contribution >= 4 is 0 Å². The highest BCUT2D eigenvalue weighted by Crippen LogP contribution is 2.20. The Morgan fingerprint density at radius 3 is 2.33 bits per heavy atom. The second kappa shape index (κ2) is 3.75. The van der Waals surface area contributed by atoms with Crippen LogP contribution < -0.4 is 4.74 Å². The highest BCUT2D eigenvalue weighted by atomic mass is 19.4. The minimum absolute atomic E-state index is 0.127. The Balaban J connectivity index is 2.62. The van der Waals surface area contributed by atoms with Gasteiger partial charge in [0.25, 0.3) is 0 Å². The van der Waals surface area contributed by atoms with E-state index < -0.39 is 12.8 Å². The van der Waals surface area contributed by atoms with E-state index in [1.165, 1.54) is 12.4 Å². The Morgan fingerprint density at radius 1 is 1.33 bits per heavy atom. The van der Waals surface area contributed by atoms with Crippen molar-refractivity contribution in [2.45, 2.75) is 32.5 Å². The van der Waals surface area contributed by atoms with Crippen molar-refractivity contribution in [3.63, 3.8) is 0 Å². The maximum absolute atomic E-state index is 11.8. The van der Waals surface area contributed by atoms with Crippen LogP contribution in [0.15, 0.2) is 12.4 Å². The van der Waals surface area contributed by atoms with Gasteiger partial charge in [-0.25, -0.2) is 0 Å². The zero-order valence-electron chi connectivity index (χ0n) is 8.80. The lowest BCUT2D eigenvalue weighted by molar-refractivity contribution is -0.153. The molecule has 0 aliphatic rings. The van der Waals surface area contributed by atoms with Crippen LogP contribution in [0.5, 0.6) is 5.75 Å². The van der Waals surface area contributed by atoms with Crippen LogP contribution in [0.3, 0.4) is 0 Å². The van der Waals surface area contributed by atoms with Crippen molar-refractivity contribution in [1.29, 1.82) is 0 Å². The van der Waals surface area contributed by atoms with Crippen molar-refractivity contribution in [1.82, 2.24) is 9.78 Å². The van der Waals surface area contributed by atoms with E-state index in [0.29, 0.717) is 0 Å². The molecule has 0 aliphatic heterocycles. The molecule has 1 heterocycles. The molecule has 86 valence electrons. The fourth-order valence-corrected chi connectivity index (χ4v) is 0.913. The third-order valence-electron chi connectivity index (χ3n) is 1.65. The summed E-state index contributed by atoms with van der Waals surface area (Å²) >= 11 is 0.